The average molecular weight is 883 g/mol. The lowest BCUT2D eigenvalue weighted by Crippen LogP contribution is -2.62. The number of aryl methyl sites for hydroxylation is 1. The molecule has 0 radical (unpaired) electrons. The number of phenols is 1. The van der Waals surface area contributed by atoms with Gasteiger partial charge in [0.1, 0.15) is 36.0 Å². The minimum Gasteiger partial charge on any atom is -0.508 e. The molecule has 20 heteroatoms. The summed E-state index contributed by atoms with van der Waals surface area (Å²) in [4.78, 5) is 105. The van der Waals surface area contributed by atoms with Gasteiger partial charge in [-0.15, -0.1) is 0 Å². The zero-order valence-corrected chi connectivity index (χ0v) is 36.9. The van der Waals surface area contributed by atoms with Crippen LogP contribution in [-0.2, 0) is 51.2 Å². The number of aliphatic carboxylic acids is 2. The number of hydrogen-bond acceptors (Lipinski definition) is 11. The van der Waals surface area contributed by atoms with E-state index in [0.717, 1.165) is 5.56 Å². The van der Waals surface area contributed by atoms with E-state index >= 15 is 0 Å². The molecule has 2 aromatic carbocycles. The Bertz CT molecular complexity index is 1900. The second-order valence-corrected chi connectivity index (χ2v) is 17.0. The average Bonchev–Trinajstić information content (AvgIpc) is 3.19. The molecule has 0 spiro atoms. The van der Waals surface area contributed by atoms with Gasteiger partial charge in [0, 0.05) is 25.7 Å². The Morgan fingerprint density at radius 1 is 0.635 bits per heavy atom. The number of carbonyl (C=O) groups excluding carboxylic acids is 6. The molecule has 0 aliphatic rings. The van der Waals surface area contributed by atoms with Crippen LogP contribution in [0.25, 0.3) is 0 Å². The second-order valence-electron chi connectivity index (χ2n) is 17.0. The van der Waals surface area contributed by atoms with E-state index in [1.54, 1.807) is 58.9 Å². The maximum absolute atomic E-state index is 14.4. The maximum atomic E-state index is 14.4. The highest BCUT2D eigenvalue weighted by atomic mass is 16.4. The predicted molar refractivity (Wildman–Crippen MR) is 231 cm³/mol. The van der Waals surface area contributed by atoms with E-state index in [1.165, 1.54) is 24.3 Å². The largest absolute Gasteiger partial charge is 0.508 e. The van der Waals surface area contributed by atoms with Crippen LogP contribution in [0.5, 0.6) is 5.75 Å². The summed E-state index contributed by atoms with van der Waals surface area (Å²) in [6.07, 6.45) is -2.00. The van der Waals surface area contributed by atoms with E-state index in [2.05, 4.69) is 31.9 Å². The number of rotatable bonds is 25. The lowest BCUT2D eigenvalue weighted by molar-refractivity contribution is -0.140. The van der Waals surface area contributed by atoms with E-state index in [4.69, 9.17) is 5.11 Å². The Morgan fingerprint density at radius 2 is 1.16 bits per heavy atom. The molecule has 6 atom stereocenters. The summed E-state index contributed by atoms with van der Waals surface area (Å²) >= 11 is 0. The molecule has 0 aromatic heterocycles. The molecule has 2 rings (SSSR count). The minimum atomic E-state index is -1.85. The van der Waals surface area contributed by atoms with Gasteiger partial charge in [-0.2, -0.15) is 0 Å². The lowest BCUT2D eigenvalue weighted by Gasteiger charge is -2.34. The molecule has 346 valence electrons. The van der Waals surface area contributed by atoms with Crippen LogP contribution in [-0.4, -0.2) is 116 Å². The van der Waals surface area contributed by atoms with Crippen LogP contribution in [0.2, 0.25) is 0 Å². The number of aromatic hydroxyl groups is 1. The highest BCUT2D eigenvalue weighted by molar-refractivity contribution is 6.43. The van der Waals surface area contributed by atoms with Crippen LogP contribution in [0.1, 0.15) is 96.8 Å². The van der Waals surface area contributed by atoms with Gasteiger partial charge in [0.05, 0.1) is 12.4 Å². The molecular weight excluding hydrogens is 819 g/mol. The molecule has 0 fully saturated rings. The first kappa shape index (κ1) is 53.1. The first-order valence-corrected chi connectivity index (χ1v) is 20.8. The molecule has 0 saturated carbocycles. The second kappa shape index (κ2) is 25.2. The molecule has 6 amide bonds. The van der Waals surface area contributed by atoms with Crippen LogP contribution in [0.4, 0.5) is 0 Å². The molecule has 63 heavy (non-hydrogen) atoms. The van der Waals surface area contributed by atoms with Gasteiger partial charge in [0.15, 0.2) is 0 Å². The molecule has 0 heterocycles. The first-order chi connectivity index (χ1) is 29.4. The smallest absolute Gasteiger partial charge is 0.475 e. The number of phenolic OH excluding ortho intramolecular Hbond substituents is 1. The SMILES string of the molecule is CCC(NC(=O)[C@H](CC(C)C)NC(=O)[C@@H](NC(=O)[C@H](Cc1ccccc1C)NC(=O)[C@H](CCC(=O)O)NC(=O)[C@H](Cc1ccc(O)cc1)NC(=O)CCC(=O)O)C(C)(C)C)B(O)O. The summed E-state index contributed by atoms with van der Waals surface area (Å²) in [5.41, 5.74) is 0.865. The van der Waals surface area contributed by atoms with Crippen molar-refractivity contribution in [3.63, 3.8) is 0 Å². The predicted octanol–water partition coefficient (Wildman–Crippen LogP) is 0.638. The first-order valence-electron chi connectivity index (χ1n) is 20.8. The standard InChI is InChI=1S/C43H63BN6O13/c1-8-33(44(62)63)49-40(59)30(21-24(2)3)48-42(61)37(43(5,6)7)50-41(60)32(23-27-12-10-9-11-25(27)4)47-38(57)29(17-19-35(53)54)46-39(58)31(45-34(52)18-20-36(55)56)22-26-13-15-28(51)16-14-26/h9-16,24,29-33,37,51,62-63H,8,17-23H2,1-7H3,(H,45,52)(H,46,58)(H,47,57)(H,48,61)(H,49,59)(H,50,60)(H,53,54)(H,55,56)/t29-,30-,31-,32-,33?,37+/m0/s1. The molecule has 0 bridgehead atoms. The van der Waals surface area contributed by atoms with Crippen molar-refractivity contribution >= 4 is 54.5 Å². The van der Waals surface area contributed by atoms with Gasteiger partial charge in [-0.3, -0.25) is 38.4 Å². The van der Waals surface area contributed by atoms with Gasteiger partial charge in [0.2, 0.25) is 35.4 Å². The number of nitrogens with one attached hydrogen (secondary N) is 6. The van der Waals surface area contributed by atoms with Crippen molar-refractivity contribution in [2.24, 2.45) is 11.3 Å². The van der Waals surface area contributed by atoms with Crippen molar-refractivity contribution in [2.45, 2.75) is 136 Å². The third-order valence-electron chi connectivity index (χ3n) is 10.1. The van der Waals surface area contributed by atoms with Crippen LogP contribution in [0.15, 0.2) is 48.5 Å². The Balaban J connectivity index is 2.51. The van der Waals surface area contributed by atoms with E-state index in [-0.39, 0.29) is 37.4 Å². The van der Waals surface area contributed by atoms with Crippen LogP contribution >= 0.6 is 0 Å². The monoisotopic (exact) mass is 882 g/mol. The van der Waals surface area contributed by atoms with Crippen molar-refractivity contribution in [1.29, 1.82) is 0 Å². The minimum absolute atomic E-state index is 0.0713. The van der Waals surface area contributed by atoms with Crippen molar-refractivity contribution in [3.8, 4) is 5.75 Å². The van der Waals surface area contributed by atoms with Crippen LogP contribution in [0, 0.1) is 18.3 Å². The van der Waals surface area contributed by atoms with Crippen LogP contribution < -0.4 is 31.9 Å². The highest BCUT2D eigenvalue weighted by Crippen LogP contribution is 2.21. The molecule has 0 aliphatic heterocycles. The summed E-state index contributed by atoms with van der Waals surface area (Å²) < 4.78 is 0. The van der Waals surface area contributed by atoms with Gasteiger partial charge < -0.3 is 57.3 Å². The number of benzene rings is 2. The Labute approximate surface area is 367 Å². The summed E-state index contributed by atoms with van der Waals surface area (Å²) in [6, 6.07) is 5.83. The van der Waals surface area contributed by atoms with Gasteiger partial charge in [-0.05, 0) is 66.3 Å². The summed E-state index contributed by atoms with van der Waals surface area (Å²) in [6.45, 7) is 12.1. The molecule has 19 nitrogen and oxygen atoms in total. The molecule has 0 saturated heterocycles. The van der Waals surface area contributed by atoms with E-state index < -0.39 is 122 Å². The molecule has 1 unspecified atom stereocenters. The summed E-state index contributed by atoms with van der Waals surface area (Å²) in [5, 5.41) is 63.3. The molecule has 2 aromatic rings. The van der Waals surface area contributed by atoms with Crippen molar-refractivity contribution in [3.05, 3.63) is 65.2 Å². The lowest BCUT2D eigenvalue weighted by atomic mass is 9.77. The molecule has 0 aliphatic carbocycles. The maximum Gasteiger partial charge on any atom is 0.475 e. The fourth-order valence-electron chi connectivity index (χ4n) is 6.46. The quantitative estimate of drug-likeness (QED) is 0.0611. The Hall–Kier alpha value is -6.02. The van der Waals surface area contributed by atoms with Crippen LogP contribution in [0.3, 0.4) is 0 Å². The Kier molecular flexibility index (Phi) is 21.2. The van der Waals surface area contributed by atoms with Gasteiger partial charge >= 0.3 is 19.1 Å². The fourth-order valence-corrected chi connectivity index (χ4v) is 6.46. The third-order valence-corrected chi connectivity index (χ3v) is 10.1. The highest BCUT2D eigenvalue weighted by Gasteiger charge is 2.38. The molecular formula is C43H63BN6O13. The zero-order valence-electron chi connectivity index (χ0n) is 36.9. The van der Waals surface area contributed by atoms with E-state index in [1.807, 2.05) is 13.8 Å². The van der Waals surface area contributed by atoms with Gasteiger partial charge in [-0.1, -0.05) is 77.9 Å². The van der Waals surface area contributed by atoms with E-state index in [9.17, 15) is 58.6 Å². The van der Waals surface area contributed by atoms with Crippen molar-refractivity contribution in [2.75, 3.05) is 0 Å². The van der Waals surface area contributed by atoms with Crippen molar-refractivity contribution < 1.29 is 63.7 Å². The topological polar surface area (TPSA) is 310 Å². The van der Waals surface area contributed by atoms with Gasteiger partial charge in [-0.25, -0.2) is 0 Å². The summed E-state index contributed by atoms with van der Waals surface area (Å²) in [5.74, 6) is -8.67. The summed E-state index contributed by atoms with van der Waals surface area (Å²) in [7, 11) is -1.85. The van der Waals surface area contributed by atoms with Crippen molar-refractivity contribution in [1.82, 2.24) is 31.9 Å². The normalized spacial score (nSPS) is 14.1. The number of carboxylic acids is 2. The number of carboxylic acid groups (broad SMARTS) is 2. The molecule has 11 N–H and O–H groups in total. The number of hydrogen-bond donors (Lipinski definition) is 11. The van der Waals surface area contributed by atoms with Gasteiger partial charge in [0.25, 0.3) is 0 Å². The third kappa shape index (κ3) is 18.9. The number of amides is 6. The van der Waals surface area contributed by atoms with E-state index in [0.29, 0.717) is 11.1 Å². The Morgan fingerprint density at radius 3 is 1.70 bits per heavy atom. The zero-order chi connectivity index (χ0) is 47.6. The fraction of sp³-hybridized carbons (Fsp3) is 0.535. The number of carbonyl (C=O) groups is 8.